The van der Waals surface area contributed by atoms with Crippen molar-refractivity contribution in [1.29, 1.82) is 0 Å². The van der Waals surface area contributed by atoms with Crippen molar-refractivity contribution in [3.63, 3.8) is 0 Å². The number of nitrogens with two attached hydrogens (primary N) is 1. The van der Waals surface area contributed by atoms with Crippen LogP contribution in [0.3, 0.4) is 0 Å². The quantitative estimate of drug-likeness (QED) is 0.807. The van der Waals surface area contributed by atoms with Crippen molar-refractivity contribution < 1.29 is 9.50 Å². The van der Waals surface area contributed by atoms with Gasteiger partial charge in [0.05, 0.1) is 0 Å². The molecule has 1 saturated heterocycles. The molecule has 100 valence electrons. The van der Waals surface area contributed by atoms with Gasteiger partial charge in [-0.05, 0) is 43.5 Å². The molecule has 3 N–H and O–H groups in total. The van der Waals surface area contributed by atoms with Crippen LogP contribution in [0.4, 0.5) is 10.1 Å². The summed E-state index contributed by atoms with van der Waals surface area (Å²) < 4.78 is 13.0. The molecule has 0 saturated carbocycles. The highest BCUT2D eigenvalue weighted by molar-refractivity contribution is 5.46. The first-order valence-corrected chi connectivity index (χ1v) is 6.59. The second-order valence-electron chi connectivity index (χ2n) is 4.98. The van der Waals surface area contributed by atoms with Crippen LogP contribution in [0.2, 0.25) is 0 Å². The van der Waals surface area contributed by atoms with Gasteiger partial charge in [-0.15, -0.1) is 0 Å². The molecule has 0 amide bonds. The Morgan fingerprint density at radius 2 is 2.22 bits per heavy atom. The monoisotopic (exact) mass is 252 g/mol. The summed E-state index contributed by atoms with van der Waals surface area (Å²) >= 11 is 0. The molecule has 4 heteroatoms. The van der Waals surface area contributed by atoms with Gasteiger partial charge in [0.2, 0.25) is 0 Å². The Kier molecular flexibility index (Phi) is 4.55. The third kappa shape index (κ3) is 3.21. The Bertz CT molecular complexity index is 395. The number of likely N-dealkylation sites (tertiary alicyclic amines) is 1. The first-order valence-electron chi connectivity index (χ1n) is 6.59. The topological polar surface area (TPSA) is 49.5 Å². The minimum atomic E-state index is -0.290. The van der Waals surface area contributed by atoms with E-state index in [4.69, 9.17) is 10.8 Å². The number of hydrogen-bond donors (Lipinski definition) is 2. The van der Waals surface area contributed by atoms with Crippen LogP contribution in [-0.4, -0.2) is 29.2 Å². The molecule has 18 heavy (non-hydrogen) atoms. The number of nitrogens with zero attached hydrogens (tertiary/aromatic N) is 1. The third-order valence-electron chi connectivity index (χ3n) is 3.69. The summed E-state index contributed by atoms with van der Waals surface area (Å²) in [6.07, 6.45) is 4.34. The highest BCUT2D eigenvalue weighted by atomic mass is 19.1. The molecular formula is C14H21FN2O. The normalized spacial score (nSPS) is 21.1. The summed E-state index contributed by atoms with van der Waals surface area (Å²) in [6.45, 7) is 2.00. The largest absolute Gasteiger partial charge is 0.398 e. The summed E-state index contributed by atoms with van der Waals surface area (Å²) in [5.41, 5.74) is 7.33. The SMILES string of the molecule is Nc1cc(F)ccc1CN1CCCCC1CCO. The number of rotatable bonds is 4. The van der Waals surface area contributed by atoms with Crippen molar-refractivity contribution in [2.45, 2.75) is 38.3 Å². The molecule has 1 aliphatic heterocycles. The molecular weight excluding hydrogens is 231 g/mol. The van der Waals surface area contributed by atoms with Crippen molar-refractivity contribution in [3.05, 3.63) is 29.6 Å². The van der Waals surface area contributed by atoms with Gasteiger partial charge >= 0.3 is 0 Å². The van der Waals surface area contributed by atoms with Gasteiger partial charge in [0, 0.05) is 24.9 Å². The van der Waals surface area contributed by atoms with E-state index in [1.54, 1.807) is 6.07 Å². The molecule has 1 aromatic carbocycles. The average Bonchev–Trinajstić information content (AvgIpc) is 2.35. The van der Waals surface area contributed by atoms with E-state index in [1.165, 1.54) is 25.0 Å². The lowest BCUT2D eigenvalue weighted by Crippen LogP contribution is -2.39. The van der Waals surface area contributed by atoms with Crippen LogP contribution >= 0.6 is 0 Å². The van der Waals surface area contributed by atoms with Crippen LogP contribution in [0.15, 0.2) is 18.2 Å². The van der Waals surface area contributed by atoms with Gasteiger partial charge in [0.15, 0.2) is 0 Å². The zero-order valence-corrected chi connectivity index (χ0v) is 10.6. The maximum Gasteiger partial charge on any atom is 0.125 e. The zero-order valence-electron chi connectivity index (χ0n) is 10.6. The van der Waals surface area contributed by atoms with E-state index in [9.17, 15) is 4.39 Å². The second kappa shape index (κ2) is 6.16. The highest BCUT2D eigenvalue weighted by Gasteiger charge is 2.22. The molecule has 0 aliphatic carbocycles. The first kappa shape index (κ1) is 13.3. The Labute approximate surface area is 107 Å². The predicted molar refractivity (Wildman–Crippen MR) is 70.6 cm³/mol. The number of piperidine rings is 1. The number of benzene rings is 1. The molecule has 1 atom stereocenters. The van der Waals surface area contributed by atoms with Crippen molar-refractivity contribution in [2.24, 2.45) is 0 Å². The van der Waals surface area contributed by atoms with Crippen LogP contribution in [0.5, 0.6) is 0 Å². The molecule has 0 radical (unpaired) electrons. The highest BCUT2D eigenvalue weighted by Crippen LogP contribution is 2.24. The smallest absolute Gasteiger partial charge is 0.125 e. The predicted octanol–water partition coefficient (Wildman–Crippen LogP) is 2.14. The van der Waals surface area contributed by atoms with Crippen molar-refractivity contribution in [3.8, 4) is 0 Å². The van der Waals surface area contributed by atoms with Crippen molar-refractivity contribution in [1.82, 2.24) is 4.90 Å². The number of hydrogen-bond acceptors (Lipinski definition) is 3. The standard InChI is InChI=1S/C14H21FN2O/c15-12-5-4-11(14(16)9-12)10-17-7-2-1-3-13(17)6-8-18/h4-5,9,13,18H,1-3,6-8,10,16H2. The summed E-state index contributed by atoms with van der Waals surface area (Å²) in [5.74, 6) is -0.290. The molecule has 1 fully saturated rings. The Morgan fingerprint density at radius 1 is 1.39 bits per heavy atom. The summed E-state index contributed by atoms with van der Waals surface area (Å²) in [5, 5.41) is 9.09. The van der Waals surface area contributed by atoms with Gasteiger partial charge in [-0.25, -0.2) is 4.39 Å². The Balaban J connectivity index is 2.06. The third-order valence-corrected chi connectivity index (χ3v) is 3.69. The van der Waals surface area contributed by atoms with E-state index in [0.29, 0.717) is 11.7 Å². The van der Waals surface area contributed by atoms with Crippen LogP contribution in [0, 0.1) is 5.82 Å². The Morgan fingerprint density at radius 3 is 2.94 bits per heavy atom. The molecule has 0 bridgehead atoms. The van der Waals surface area contributed by atoms with Crippen LogP contribution < -0.4 is 5.73 Å². The molecule has 1 heterocycles. The molecule has 0 spiro atoms. The number of anilines is 1. The van der Waals surface area contributed by atoms with Gasteiger partial charge in [0.1, 0.15) is 5.82 Å². The van der Waals surface area contributed by atoms with Gasteiger partial charge < -0.3 is 10.8 Å². The fraction of sp³-hybridized carbons (Fsp3) is 0.571. The molecule has 2 rings (SSSR count). The van der Waals surface area contributed by atoms with E-state index in [2.05, 4.69) is 4.90 Å². The molecule has 1 aromatic rings. The lowest BCUT2D eigenvalue weighted by atomic mass is 9.98. The number of aliphatic hydroxyl groups is 1. The maximum absolute atomic E-state index is 13.0. The number of aliphatic hydroxyl groups excluding tert-OH is 1. The first-order chi connectivity index (χ1) is 8.70. The van der Waals surface area contributed by atoms with E-state index in [0.717, 1.165) is 31.5 Å². The van der Waals surface area contributed by atoms with E-state index in [-0.39, 0.29) is 12.4 Å². The Hall–Kier alpha value is -1.13. The summed E-state index contributed by atoms with van der Waals surface area (Å²) in [4.78, 5) is 2.35. The number of nitrogen functional groups attached to an aromatic ring is 1. The lowest BCUT2D eigenvalue weighted by Gasteiger charge is -2.35. The summed E-state index contributed by atoms with van der Waals surface area (Å²) in [7, 11) is 0. The van der Waals surface area contributed by atoms with Crippen LogP contribution in [-0.2, 0) is 6.54 Å². The lowest BCUT2D eigenvalue weighted by molar-refractivity contribution is 0.112. The maximum atomic E-state index is 13.0. The van der Waals surface area contributed by atoms with Crippen LogP contribution in [0.1, 0.15) is 31.2 Å². The van der Waals surface area contributed by atoms with Crippen molar-refractivity contribution in [2.75, 3.05) is 18.9 Å². The minimum Gasteiger partial charge on any atom is -0.398 e. The summed E-state index contributed by atoms with van der Waals surface area (Å²) in [6, 6.07) is 5.01. The van der Waals surface area contributed by atoms with Gasteiger partial charge in [-0.1, -0.05) is 12.5 Å². The molecule has 1 aliphatic rings. The van der Waals surface area contributed by atoms with E-state index >= 15 is 0 Å². The molecule has 1 unspecified atom stereocenters. The van der Waals surface area contributed by atoms with E-state index in [1.807, 2.05) is 0 Å². The van der Waals surface area contributed by atoms with E-state index < -0.39 is 0 Å². The number of halogens is 1. The van der Waals surface area contributed by atoms with Crippen molar-refractivity contribution >= 4 is 5.69 Å². The van der Waals surface area contributed by atoms with Gasteiger partial charge in [-0.2, -0.15) is 0 Å². The van der Waals surface area contributed by atoms with Gasteiger partial charge in [-0.3, -0.25) is 4.90 Å². The molecule has 0 aromatic heterocycles. The average molecular weight is 252 g/mol. The van der Waals surface area contributed by atoms with Crippen LogP contribution in [0.25, 0.3) is 0 Å². The molecule has 3 nitrogen and oxygen atoms in total. The fourth-order valence-electron chi connectivity index (χ4n) is 2.67. The van der Waals surface area contributed by atoms with Gasteiger partial charge in [0.25, 0.3) is 0 Å². The minimum absolute atomic E-state index is 0.222. The second-order valence-corrected chi connectivity index (χ2v) is 4.98. The zero-order chi connectivity index (χ0) is 13.0. The fourth-order valence-corrected chi connectivity index (χ4v) is 2.67.